The molecule has 0 saturated heterocycles. The van der Waals surface area contributed by atoms with E-state index in [4.69, 9.17) is 1.37 Å². The first-order valence-electron chi connectivity index (χ1n) is 4.57. The molecule has 0 amide bonds. The van der Waals surface area contributed by atoms with Gasteiger partial charge in [0.15, 0.2) is 0 Å². The highest BCUT2D eigenvalue weighted by Gasteiger charge is 2.14. The normalized spacial score (nSPS) is 23.3. The lowest BCUT2D eigenvalue weighted by molar-refractivity contribution is 0.729. The van der Waals surface area contributed by atoms with Gasteiger partial charge in [0.2, 0.25) is 0 Å². The van der Waals surface area contributed by atoms with E-state index in [1.165, 1.54) is 5.56 Å². The molecule has 2 rings (SSSR count). The van der Waals surface area contributed by atoms with Crippen LogP contribution in [0.4, 0.5) is 5.82 Å². The van der Waals surface area contributed by atoms with Crippen LogP contribution in [0.15, 0.2) is 16.7 Å². The standard InChI is InChI=1S/C9H11BrN2/c1-12-6-2-3-7-4-5-8(10)11-9(7)12/h4-5H,2-3,6H2,1H3/i6D. The fourth-order valence-electron chi connectivity index (χ4n) is 1.45. The van der Waals surface area contributed by atoms with Crippen molar-refractivity contribution in [2.45, 2.75) is 12.8 Å². The van der Waals surface area contributed by atoms with Crippen LogP contribution in [0.3, 0.4) is 0 Å². The maximum Gasteiger partial charge on any atom is 0.132 e. The second-order valence-corrected chi connectivity index (χ2v) is 3.76. The predicted molar refractivity (Wildman–Crippen MR) is 53.5 cm³/mol. The Morgan fingerprint density at radius 3 is 3.33 bits per heavy atom. The van der Waals surface area contributed by atoms with E-state index in [1.807, 2.05) is 18.0 Å². The third-order valence-electron chi connectivity index (χ3n) is 2.07. The van der Waals surface area contributed by atoms with Gasteiger partial charge in [0.25, 0.3) is 0 Å². The fourth-order valence-corrected chi connectivity index (χ4v) is 1.75. The Kier molecular flexibility index (Phi) is 1.75. The lowest BCUT2D eigenvalue weighted by Gasteiger charge is -2.25. The Morgan fingerprint density at radius 2 is 2.50 bits per heavy atom. The van der Waals surface area contributed by atoms with Gasteiger partial charge in [-0.25, -0.2) is 4.98 Å². The van der Waals surface area contributed by atoms with Crippen molar-refractivity contribution in [2.24, 2.45) is 0 Å². The van der Waals surface area contributed by atoms with Gasteiger partial charge in [-0.05, 0) is 40.4 Å². The zero-order valence-electron chi connectivity index (χ0n) is 7.92. The molecule has 0 fully saturated rings. The van der Waals surface area contributed by atoms with E-state index >= 15 is 0 Å². The van der Waals surface area contributed by atoms with Gasteiger partial charge in [-0.1, -0.05) is 6.07 Å². The van der Waals surface area contributed by atoms with Gasteiger partial charge in [0.05, 0.1) is 0 Å². The summed E-state index contributed by atoms with van der Waals surface area (Å²) >= 11 is 3.34. The molecule has 1 atom stereocenters. The summed E-state index contributed by atoms with van der Waals surface area (Å²) in [7, 11) is 1.93. The lowest BCUT2D eigenvalue weighted by atomic mass is 10.1. The second-order valence-electron chi connectivity index (χ2n) is 2.95. The fraction of sp³-hybridized carbons (Fsp3) is 0.444. The van der Waals surface area contributed by atoms with Gasteiger partial charge in [-0.3, -0.25) is 0 Å². The van der Waals surface area contributed by atoms with E-state index in [2.05, 4.69) is 27.0 Å². The molecule has 1 aliphatic rings. The topological polar surface area (TPSA) is 16.1 Å². The molecule has 1 unspecified atom stereocenters. The van der Waals surface area contributed by atoms with Gasteiger partial charge in [0.1, 0.15) is 10.4 Å². The maximum absolute atomic E-state index is 7.75. The van der Waals surface area contributed by atoms with Crippen LogP contribution in [-0.2, 0) is 6.42 Å². The highest BCUT2D eigenvalue weighted by atomic mass is 79.9. The molecule has 1 aromatic heterocycles. The van der Waals surface area contributed by atoms with Crippen molar-refractivity contribution >= 4 is 21.7 Å². The van der Waals surface area contributed by atoms with Crippen LogP contribution in [0.2, 0.25) is 0 Å². The molecule has 2 nitrogen and oxygen atoms in total. The SMILES string of the molecule is [2H]C1CCc2ccc(Br)nc2N1C. The zero-order valence-corrected chi connectivity index (χ0v) is 8.50. The highest BCUT2D eigenvalue weighted by Crippen LogP contribution is 2.25. The van der Waals surface area contributed by atoms with Crippen LogP contribution >= 0.6 is 15.9 Å². The third-order valence-corrected chi connectivity index (χ3v) is 2.51. The third kappa shape index (κ3) is 1.33. The molecule has 12 heavy (non-hydrogen) atoms. The molecular formula is C9H11BrN2. The van der Waals surface area contributed by atoms with Crippen LogP contribution in [0.25, 0.3) is 0 Å². The van der Waals surface area contributed by atoms with Crippen molar-refractivity contribution in [1.29, 1.82) is 0 Å². The summed E-state index contributed by atoms with van der Waals surface area (Å²) in [6, 6.07) is 4.03. The first-order chi connectivity index (χ1) is 6.18. The Labute approximate surface area is 82.1 Å². The van der Waals surface area contributed by atoms with Crippen LogP contribution in [0, 0.1) is 0 Å². The summed E-state index contributed by atoms with van der Waals surface area (Å²) in [6.45, 7) is -0.144. The zero-order chi connectivity index (χ0) is 9.42. The van der Waals surface area contributed by atoms with Crippen LogP contribution in [0.5, 0.6) is 0 Å². The molecule has 0 aromatic carbocycles. The first-order valence-corrected chi connectivity index (χ1v) is 4.78. The Hall–Kier alpha value is -0.570. The molecule has 0 N–H and O–H groups in total. The predicted octanol–water partition coefficient (Wildman–Crippen LogP) is 2.23. The van der Waals surface area contributed by atoms with E-state index in [1.54, 1.807) is 0 Å². The Morgan fingerprint density at radius 1 is 1.67 bits per heavy atom. The van der Waals surface area contributed by atoms with Gasteiger partial charge in [-0.2, -0.15) is 0 Å². The smallest absolute Gasteiger partial charge is 0.132 e. The number of aryl methyl sites for hydroxylation is 1. The number of aromatic nitrogens is 1. The number of hydrogen-bond donors (Lipinski definition) is 0. The molecule has 0 spiro atoms. The van der Waals surface area contributed by atoms with E-state index in [-0.39, 0.29) is 6.52 Å². The summed E-state index contributed by atoms with van der Waals surface area (Å²) in [5.41, 5.74) is 1.24. The maximum atomic E-state index is 7.75. The monoisotopic (exact) mass is 227 g/mol. The van der Waals surface area contributed by atoms with Gasteiger partial charge < -0.3 is 4.90 Å². The minimum atomic E-state index is -0.144. The van der Waals surface area contributed by atoms with Gasteiger partial charge in [-0.15, -0.1) is 0 Å². The number of anilines is 1. The summed E-state index contributed by atoms with van der Waals surface area (Å²) in [6.07, 6.45) is 1.86. The number of halogens is 1. The average molecular weight is 228 g/mol. The molecule has 1 aliphatic heterocycles. The summed E-state index contributed by atoms with van der Waals surface area (Å²) in [4.78, 5) is 6.29. The summed E-state index contributed by atoms with van der Waals surface area (Å²) < 4.78 is 8.59. The number of pyridine rings is 1. The van der Waals surface area contributed by atoms with E-state index in [0.717, 1.165) is 23.3 Å². The molecule has 0 bridgehead atoms. The molecule has 0 radical (unpaired) electrons. The minimum absolute atomic E-state index is 0.144. The van der Waals surface area contributed by atoms with Crippen molar-refractivity contribution < 1.29 is 1.37 Å². The van der Waals surface area contributed by atoms with E-state index in [0.29, 0.717) is 0 Å². The summed E-state index contributed by atoms with van der Waals surface area (Å²) in [5, 5.41) is 0. The number of fused-ring (bicyclic) bond motifs is 1. The van der Waals surface area contributed by atoms with Crippen molar-refractivity contribution in [1.82, 2.24) is 4.98 Å². The number of rotatable bonds is 0. The Bertz CT molecular complexity index is 329. The van der Waals surface area contributed by atoms with Gasteiger partial charge >= 0.3 is 0 Å². The number of nitrogens with zero attached hydrogens (tertiary/aromatic N) is 2. The quantitative estimate of drug-likeness (QED) is 0.633. The molecule has 64 valence electrons. The van der Waals surface area contributed by atoms with Gasteiger partial charge in [0, 0.05) is 14.9 Å². The second kappa shape index (κ2) is 3.05. The van der Waals surface area contributed by atoms with Crippen molar-refractivity contribution in [3.05, 3.63) is 22.3 Å². The van der Waals surface area contributed by atoms with Crippen LogP contribution in [0.1, 0.15) is 13.4 Å². The minimum Gasteiger partial charge on any atom is -0.359 e. The molecule has 0 aliphatic carbocycles. The first kappa shape index (κ1) is 6.89. The molecule has 0 saturated carbocycles. The molecule has 2 heterocycles. The molecular weight excluding hydrogens is 216 g/mol. The highest BCUT2D eigenvalue weighted by molar-refractivity contribution is 9.10. The molecule has 3 heteroatoms. The van der Waals surface area contributed by atoms with Crippen molar-refractivity contribution in [2.75, 3.05) is 18.5 Å². The van der Waals surface area contributed by atoms with Crippen LogP contribution < -0.4 is 4.90 Å². The lowest BCUT2D eigenvalue weighted by Crippen LogP contribution is -2.25. The summed E-state index contributed by atoms with van der Waals surface area (Å²) in [5.74, 6) is 0.945. The number of hydrogen-bond acceptors (Lipinski definition) is 2. The largest absolute Gasteiger partial charge is 0.359 e. The Balaban J connectivity index is 2.45. The van der Waals surface area contributed by atoms with Crippen molar-refractivity contribution in [3.8, 4) is 0 Å². The average Bonchev–Trinajstić information content (AvgIpc) is 2.12. The van der Waals surface area contributed by atoms with Crippen molar-refractivity contribution in [3.63, 3.8) is 0 Å². The van der Waals surface area contributed by atoms with Crippen LogP contribution in [-0.4, -0.2) is 18.6 Å². The molecule has 1 aromatic rings. The van der Waals surface area contributed by atoms with E-state index < -0.39 is 0 Å². The van der Waals surface area contributed by atoms with E-state index in [9.17, 15) is 0 Å².